The number of ketones is 1. The van der Waals surface area contributed by atoms with Crippen LogP contribution in [0.25, 0.3) is 0 Å². The van der Waals surface area contributed by atoms with Crippen LogP contribution in [0.4, 0.5) is 0 Å². The minimum Gasteiger partial charge on any atom is -0.492 e. The van der Waals surface area contributed by atoms with Crippen LogP contribution in [0.15, 0.2) is 24.3 Å². The summed E-state index contributed by atoms with van der Waals surface area (Å²) in [5.41, 5.74) is 0.632. The Kier molecular flexibility index (Phi) is 6.74. The topological polar surface area (TPSA) is 46.5 Å². The summed E-state index contributed by atoms with van der Waals surface area (Å²) in [6, 6.07) is 7.28. The van der Waals surface area contributed by atoms with Crippen molar-refractivity contribution in [3.63, 3.8) is 0 Å². The van der Waals surface area contributed by atoms with Crippen LogP contribution in [0.1, 0.15) is 23.7 Å². The third-order valence-corrected chi connectivity index (χ3v) is 3.23. The molecule has 94 valence electrons. The number of aliphatic hydroxyl groups is 1. The van der Waals surface area contributed by atoms with Gasteiger partial charge in [0, 0.05) is 12.4 Å². The standard InChI is InChI=1S/C13H18O3S/c1-11(15)12-5-2-3-6-13(12)16-8-10-17-9-4-7-14/h2-3,5-6,14H,4,7-10H2,1H3. The zero-order chi connectivity index (χ0) is 12.5. The van der Waals surface area contributed by atoms with Crippen LogP contribution >= 0.6 is 11.8 Å². The number of hydrogen-bond acceptors (Lipinski definition) is 4. The molecule has 3 nitrogen and oxygen atoms in total. The van der Waals surface area contributed by atoms with Gasteiger partial charge in [0.05, 0.1) is 12.2 Å². The first-order valence-electron chi connectivity index (χ1n) is 5.67. The van der Waals surface area contributed by atoms with Crippen LogP contribution < -0.4 is 4.74 Å². The van der Waals surface area contributed by atoms with Crippen molar-refractivity contribution >= 4 is 17.5 Å². The fourth-order valence-electron chi connectivity index (χ4n) is 1.36. The lowest BCUT2D eigenvalue weighted by Gasteiger charge is -2.09. The lowest BCUT2D eigenvalue weighted by Crippen LogP contribution is -2.05. The van der Waals surface area contributed by atoms with Crippen LogP contribution in [0.3, 0.4) is 0 Å². The molecule has 0 aliphatic rings. The fraction of sp³-hybridized carbons (Fsp3) is 0.462. The zero-order valence-corrected chi connectivity index (χ0v) is 10.8. The number of hydrogen-bond donors (Lipinski definition) is 1. The second kappa shape index (κ2) is 8.14. The van der Waals surface area contributed by atoms with E-state index in [0.717, 1.165) is 17.9 Å². The molecule has 0 fully saturated rings. The Morgan fingerprint density at radius 2 is 2.12 bits per heavy atom. The Morgan fingerprint density at radius 1 is 1.35 bits per heavy atom. The minimum atomic E-state index is 0.0218. The maximum atomic E-state index is 11.3. The lowest BCUT2D eigenvalue weighted by atomic mass is 10.1. The Morgan fingerprint density at radius 3 is 2.82 bits per heavy atom. The van der Waals surface area contributed by atoms with Gasteiger partial charge in [-0.3, -0.25) is 4.79 Å². The van der Waals surface area contributed by atoms with Crippen molar-refractivity contribution in [2.75, 3.05) is 24.7 Å². The second-order valence-electron chi connectivity index (χ2n) is 3.59. The summed E-state index contributed by atoms with van der Waals surface area (Å²) >= 11 is 1.74. The molecule has 0 amide bonds. The Bertz CT molecular complexity index is 352. The van der Waals surface area contributed by atoms with Crippen molar-refractivity contribution in [3.8, 4) is 5.75 Å². The number of thioether (sulfide) groups is 1. The largest absolute Gasteiger partial charge is 0.492 e. The van der Waals surface area contributed by atoms with Crippen molar-refractivity contribution in [3.05, 3.63) is 29.8 Å². The highest BCUT2D eigenvalue weighted by Gasteiger charge is 2.06. The monoisotopic (exact) mass is 254 g/mol. The van der Waals surface area contributed by atoms with Gasteiger partial charge in [-0.2, -0.15) is 11.8 Å². The second-order valence-corrected chi connectivity index (χ2v) is 4.82. The van der Waals surface area contributed by atoms with Crippen molar-refractivity contribution in [2.24, 2.45) is 0 Å². The highest BCUT2D eigenvalue weighted by molar-refractivity contribution is 7.99. The molecule has 4 heteroatoms. The van der Waals surface area contributed by atoms with Gasteiger partial charge in [0.1, 0.15) is 5.75 Å². The number of para-hydroxylation sites is 1. The van der Waals surface area contributed by atoms with E-state index in [2.05, 4.69) is 0 Å². The van der Waals surface area contributed by atoms with E-state index in [9.17, 15) is 4.79 Å². The fourth-order valence-corrected chi connectivity index (χ4v) is 2.10. The van der Waals surface area contributed by atoms with Crippen LogP contribution in [-0.2, 0) is 0 Å². The average Bonchev–Trinajstić information content (AvgIpc) is 2.34. The van der Waals surface area contributed by atoms with E-state index >= 15 is 0 Å². The molecule has 1 N–H and O–H groups in total. The highest BCUT2D eigenvalue weighted by atomic mass is 32.2. The van der Waals surface area contributed by atoms with Crippen molar-refractivity contribution in [1.29, 1.82) is 0 Å². The predicted molar refractivity (Wildman–Crippen MR) is 71.0 cm³/mol. The first-order chi connectivity index (χ1) is 8.25. The Labute approximate surface area is 106 Å². The molecule has 0 atom stereocenters. The molecule has 17 heavy (non-hydrogen) atoms. The van der Waals surface area contributed by atoms with Gasteiger partial charge in [0.15, 0.2) is 5.78 Å². The number of ether oxygens (including phenoxy) is 1. The molecule has 0 spiro atoms. The summed E-state index contributed by atoms with van der Waals surface area (Å²) in [6.07, 6.45) is 0.814. The molecule has 1 aromatic rings. The van der Waals surface area contributed by atoms with Gasteiger partial charge in [0.25, 0.3) is 0 Å². The molecule has 0 heterocycles. The van der Waals surface area contributed by atoms with Crippen molar-refractivity contribution < 1.29 is 14.6 Å². The van der Waals surface area contributed by atoms with E-state index in [4.69, 9.17) is 9.84 Å². The number of benzene rings is 1. The molecule has 1 rings (SSSR count). The molecule has 0 bridgehead atoms. The molecule has 0 unspecified atom stereocenters. The summed E-state index contributed by atoms with van der Waals surface area (Å²) in [5, 5.41) is 8.62. The van der Waals surface area contributed by atoms with Crippen LogP contribution in [0.5, 0.6) is 5.75 Å². The molecule has 0 saturated heterocycles. The molecular formula is C13H18O3S. The maximum absolute atomic E-state index is 11.3. The van der Waals surface area contributed by atoms with E-state index < -0.39 is 0 Å². The molecule has 0 aliphatic heterocycles. The van der Waals surface area contributed by atoms with Gasteiger partial charge < -0.3 is 9.84 Å². The highest BCUT2D eigenvalue weighted by Crippen LogP contribution is 2.18. The van der Waals surface area contributed by atoms with Gasteiger partial charge >= 0.3 is 0 Å². The van der Waals surface area contributed by atoms with Gasteiger partial charge in [0.2, 0.25) is 0 Å². The molecule has 0 radical (unpaired) electrons. The average molecular weight is 254 g/mol. The number of aliphatic hydroxyl groups excluding tert-OH is 1. The summed E-state index contributed by atoms with van der Waals surface area (Å²) in [7, 11) is 0. The molecule has 1 aromatic carbocycles. The third-order valence-electron chi connectivity index (χ3n) is 2.20. The lowest BCUT2D eigenvalue weighted by molar-refractivity contribution is 0.101. The Hall–Kier alpha value is -1.00. The number of Topliss-reactive ketones (excluding diaryl/α,β-unsaturated/α-hetero) is 1. The number of carbonyl (C=O) groups is 1. The minimum absolute atomic E-state index is 0.0218. The van der Waals surface area contributed by atoms with Gasteiger partial charge in [-0.05, 0) is 31.2 Å². The van der Waals surface area contributed by atoms with E-state index in [-0.39, 0.29) is 12.4 Å². The van der Waals surface area contributed by atoms with Gasteiger partial charge in [-0.25, -0.2) is 0 Å². The van der Waals surface area contributed by atoms with E-state index in [1.165, 1.54) is 6.92 Å². The molecule has 0 aliphatic carbocycles. The molecule has 0 aromatic heterocycles. The molecule has 0 saturated carbocycles. The number of rotatable bonds is 8. The van der Waals surface area contributed by atoms with Gasteiger partial charge in [-0.15, -0.1) is 0 Å². The summed E-state index contributed by atoms with van der Waals surface area (Å²) in [6.45, 7) is 2.36. The third kappa shape index (κ3) is 5.24. The number of carbonyl (C=O) groups excluding carboxylic acids is 1. The van der Waals surface area contributed by atoms with Crippen LogP contribution in [-0.4, -0.2) is 35.6 Å². The SMILES string of the molecule is CC(=O)c1ccccc1OCCSCCCO. The van der Waals surface area contributed by atoms with E-state index in [1.807, 2.05) is 18.2 Å². The van der Waals surface area contributed by atoms with E-state index in [0.29, 0.717) is 17.9 Å². The normalized spacial score (nSPS) is 10.2. The van der Waals surface area contributed by atoms with Gasteiger partial charge in [-0.1, -0.05) is 12.1 Å². The zero-order valence-electron chi connectivity index (χ0n) is 10.0. The first kappa shape index (κ1) is 14.1. The van der Waals surface area contributed by atoms with E-state index in [1.54, 1.807) is 17.8 Å². The summed E-state index contributed by atoms with van der Waals surface area (Å²) in [5.74, 6) is 2.48. The maximum Gasteiger partial charge on any atom is 0.163 e. The van der Waals surface area contributed by atoms with Crippen molar-refractivity contribution in [2.45, 2.75) is 13.3 Å². The summed E-state index contributed by atoms with van der Waals surface area (Å²) < 4.78 is 5.57. The van der Waals surface area contributed by atoms with Crippen LogP contribution in [0.2, 0.25) is 0 Å². The van der Waals surface area contributed by atoms with Crippen LogP contribution in [0, 0.1) is 0 Å². The van der Waals surface area contributed by atoms with Crippen molar-refractivity contribution in [1.82, 2.24) is 0 Å². The predicted octanol–water partition coefficient (Wildman–Crippen LogP) is 2.38. The quantitative estimate of drug-likeness (QED) is 0.571. The summed E-state index contributed by atoms with van der Waals surface area (Å²) in [4.78, 5) is 11.3. The first-order valence-corrected chi connectivity index (χ1v) is 6.82. The molecular weight excluding hydrogens is 236 g/mol. The Balaban J connectivity index is 2.34. The smallest absolute Gasteiger partial charge is 0.163 e.